The maximum atomic E-state index is 12.8. The van der Waals surface area contributed by atoms with Crippen LogP contribution in [0, 0.1) is 5.92 Å². The third-order valence-electron chi connectivity index (χ3n) is 5.48. The van der Waals surface area contributed by atoms with Crippen molar-refractivity contribution < 1.29 is 14.4 Å². The van der Waals surface area contributed by atoms with Gasteiger partial charge in [-0.3, -0.25) is 19.4 Å². The number of likely N-dealkylation sites (tertiary alicyclic amines) is 1. The lowest BCUT2D eigenvalue weighted by molar-refractivity contribution is -0.147. The molecule has 0 bridgehead atoms. The predicted molar refractivity (Wildman–Crippen MR) is 97.3 cm³/mol. The van der Waals surface area contributed by atoms with Crippen molar-refractivity contribution in [2.24, 2.45) is 11.7 Å². The van der Waals surface area contributed by atoms with Crippen LogP contribution in [0.15, 0.2) is 18.5 Å². The van der Waals surface area contributed by atoms with Crippen LogP contribution in [0.4, 0.5) is 5.69 Å². The Morgan fingerprint density at radius 2 is 1.77 bits per heavy atom. The number of piperidine rings is 1. The Bertz CT molecular complexity index is 685. The second-order valence-electron chi connectivity index (χ2n) is 7.24. The zero-order chi connectivity index (χ0) is 18.5. The molecule has 1 unspecified atom stereocenters. The highest BCUT2D eigenvalue weighted by atomic mass is 16.2. The van der Waals surface area contributed by atoms with Gasteiger partial charge in [0.2, 0.25) is 5.91 Å². The van der Waals surface area contributed by atoms with Crippen molar-refractivity contribution in [3.05, 3.63) is 24.0 Å². The number of nitrogens with zero attached hydrogens (tertiary/aromatic N) is 2. The normalized spacial score (nSPS) is 21.2. The number of nitrogens with one attached hydrogen (secondary N) is 1. The molecule has 1 atom stereocenters. The zero-order valence-corrected chi connectivity index (χ0v) is 14.9. The Kier molecular flexibility index (Phi) is 5.85. The van der Waals surface area contributed by atoms with E-state index in [4.69, 9.17) is 5.73 Å². The van der Waals surface area contributed by atoms with Crippen molar-refractivity contribution in [2.45, 2.75) is 57.4 Å². The standard InChI is InChI=1S/C19H26N4O3/c20-17(24)14-10-15(12-21-11-14)22-18(25)19(26)23-9-5-4-8-16(23)13-6-2-1-3-7-13/h10-13,16H,1-9H2,(H2,20,24)(H,22,25). The number of anilines is 1. The molecule has 1 saturated carbocycles. The lowest BCUT2D eigenvalue weighted by Crippen LogP contribution is -2.51. The van der Waals surface area contributed by atoms with Gasteiger partial charge in [-0.2, -0.15) is 0 Å². The molecule has 2 fully saturated rings. The first kappa shape index (κ1) is 18.4. The van der Waals surface area contributed by atoms with Crippen LogP contribution in [-0.4, -0.2) is 40.2 Å². The van der Waals surface area contributed by atoms with Crippen LogP contribution < -0.4 is 11.1 Å². The summed E-state index contributed by atoms with van der Waals surface area (Å²) in [5, 5.41) is 2.56. The summed E-state index contributed by atoms with van der Waals surface area (Å²) in [5.41, 5.74) is 5.71. The third kappa shape index (κ3) is 4.20. The van der Waals surface area contributed by atoms with E-state index in [1.807, 2.05) is 0 Å². The number of hydrogen-bond donors (Lipinski definition) is 2. The number of primary amides is 1. The Labute approximate surface area is 153 Å². The molecule has 3 N–H and O–H groups in total. The zero-order valence-electron chi connectivity index (χ0n) is 14.9. The highest BCUT2D eigenvalue weighted by molar-refractivity contribution is 6.39. The van der Waals surface area contributed by atoms with Crippen LogP contribution in [0.5, 0.6) is 0 Å². The molecule has 7 nitrogen and oxygen atoms in total. The molecule has 0 radical (unpaired) electrons. The fourth-order valence-corrected chi connectivity index (χ4v) is 4.18. The smallest absolute Gasteiger partial charge is 0.313 e. The summed E-state index contributed by atoms with van der Waals surface area (Å²) in [4.78, 5) is 42.1. The molecule has 1 aromatic rings. The molecule has 3 rings (SSSR count). The monoisotopic (exact) mass is 358 g/mol. The minimum atomic E-state index is -0.684. The van der Waals surface area contributed by atoms with Crippen LogP contribution in [0.1, 0.15) is 61.7 Å². The van der Waals surface area contributed by atoms with E-state index < -0.39 is 17.7 Å². The molecule has 3 amide bonds. The van der Waals surface area contributed by atoms with Gasteiger partial charge in [0.05, 0.1) is 17.4 Å². The number of hydrogen-bond acceptors (Lipinski definition) is 4. The van der Waals surface area contributed by atoms with Crippen molar-refractivity contribution >= 4 is 23.4 Å². The molecule has 1 saturated heterocycles. The summed E-state index contributed by atoms with van der Waals surface area (Å²) in [7, 11) is 0. The summed E-state index contributed by atoms with van der Waals surface area (Å²) in [6.07, 6.45) is 11.7. The van der Waals surface area contributed by atoms with Crippen molar-refractivity contribution in [2.75, 3.05) is 11.9 Å². The summed E-state index contributed by atoms with van der Waals surface area (Å²) >= 11 is 0. The highest BCUT2D eigenvalue weighted by Gasteiger charge is 2.35. The average Bonchev–Trinajstić information content (AvgIpc) is 2.68. The number of amides is 3. The molecule has 0 aromatic carbocycles. The summed E-state index contributed by atoms with van der Waals surface area (Å²) < 4.78 is 0. The van der Waals surface area contributed by atoms with Crippen LogP contribution >= 0.6 is 0 Å². The molecule has 140 valence electrons. The van der Waals surface area contributed by atoms with E-state index in [0.717, 1.165) is 32.1 Å². The van der Waals surface area contributed by atoms with Crippen molar-refractivity contribution in [1.82, 2.24) is 9.88 Å². The van der Waals surface area contributed by atoms with Gasteiger partial charge in [0.15, 0.2) is 0 Å². The molecular formula is C19H26N4O3. The lowest BCUT2D eigenvalue weighted by atomic mass is 9.80. The first-order valence-electron chi connectivity index (χ1n) is 9.43. The van der Waals surface area contributed by atoms with E-state index in [1.165, 1.54) is 37.7 Å². The van der Waals surface area contributed by atoms with Gasteiger partial charge in [-0.1, -0.05) is 19.3 Å². The van der Waals surface area contributed by atoms with Gasteiger partial charge in [-0.05, 0) is 44.1 Å². The second-order valence-corrected chi connectivity index (χ2v) is 7.24. The molecule has 2 aliphatic rings. The second kappa shape index (κ2) is 8.29. The fourth-order valence-electron chi connectivity index (χ4n) is 4.18. The molecule has 1 aliphatic heterocycles. The van der Waals surface area contributed by atoms with Crippen molar-refractivity contribution in [1.29, 1.82) is 0 Å². The predicted octanol–water partition coefficient (Wildman–Crippen LogP) is 2.08. The summed E-state index contributed by atoms with van der Waals surface area (Å²) in [5.74, 6) is -1.31. The van der Waals surface area contributed by atoms with Gasteiger partial charge in [-0.15, -0.1) is 0 Å². The Morgan fingerprint density at radius 3 is 2.50 bits per heavy atom. The highest BCUT2D eigenvalue weighted by Crippen LogP contribution is 2.33. The van der Waals surface area contributed by atoms with Gasteiger partial charge in [0.25, 0.3) is 0 Å². The number of aromatic nitrogens is 1. The maximum absolute atomic E-state index is 12.8. The molecule has 2 heterocycles. The van der Waals surface area contributed by atoms with E-state index in [1.54, 1.807) is 4.90 Å². The molecular weight excluding hydrogens is 332 g/mol. The van der Waals surface area contributed by atoms with E-state index in [2.05, 4.69) is 10.3 Å². The van der Waals surface area contributed by atoms with Gasteiger partial charge >= 0.3 is 11.8 Å². The average molecular weight is 358 g/mol. The van der Waals surface area contributed by atoms with Crippen LogP contribution in [0.3, 0.4) is 0 Å². The van der Waals surface area contributed by atoms with E-state index in [0.29, 0.717) is 18.2 Å². The topological polar surface area (TPSA) is 105 Å². The maximum Gasteiger partial charge on any atom is 0.313 e. The molecule has 26 heavy (non-hydrogen) atoms. The molecule has 7 heteroatoms. The molecule has 0 spiro atoms. The largest absolute Gasteiger partial charge is 0.366 e. The summed E-state index contributed by atoms with van der Waals surface area (Å²) in [6, 6.07) is 1.59. The Balaban J connectivity index is 1.68. The molecule has 1 aliphatic carbocycles. The van der Waals surface area contributed by atoms with E-state index in [-0.39, 0.29) is 11.6 Å². The van der Waals surface area contributed by atoms with Crippen LogP contribution in [0.2, 0.25) is 0 Å². The first-order valence-corrected chi connectivity index (χ1v) is 9.43. The first-order chi connectivity index (χ1) is 12.6. The number of carbonyl (C=O) groups is 3. The van der Waals surface area contributed by atoms with Gasteiger partial charge in [-0.25, -0.2) is 0 Å². The third-order valence-corrected chi connectivity index (χ3v) is 5.48. The molecule has 1 aromatic heterocycles. The Hall–Kier alpha value is -2.44. The van der Waals surface area contributed by atoms with Crippen LogP contribution in [0.25, 0.3) is 0 Å². The quantitative estimate of drug-likeness (QED) is 0.807. The van der Waals surface area contributed by atoms with Crippen LogP contribution in [-0.2, 0) is 9.59 Å². The number of rotatable bonds is 3. The number of carbonyl (C=O) groups excluding carboxylic acids is 3. The van der Waals surface area contributed by atoms with E-state index in [9.17, 15) is 14.4 Å². The number of pyridine rings is 1. The van der Waals surface area contributed by atoms with Gasteiger partial charge in [0.1, 0.15) is 0 Å². The van der Waals surface area contributed by atoms with Crippen molar-refractivity contribution in [3.63, 3.8) is 0 Å². The SMILES string of the molecule is NC(=O)c1cncc(NC(=O)C(=O)N2CCCCC2C2CCCCC2)c1. The van der Waals surface area contributed by atoms with Gasteiger partial charge < -0.3 is 16.0 Å². The van der Waals surface area contributed by atoms with E-state index >= 15 is 0 Å². The number of nitrogens with two attached hydrogens (primary N) is 1. The van der Waals surface area contributed by atoms with Crippen molar-refractivity contribution in [3.8, 4) is 0 Å². The Morgan fingerprint density at radius 1 is 1.04 bits per heavy atom. The lowest BCUT2D eigenvalue weighted by Gasteiger charge is -2.41. The fraction of sp³-hybridized carbons (Fsp3) is 0.579. The minimum absolute atomic E-state index is 0.164. The summed E-state index contributed by atoms with van der Waals surface area (Å²) in [6.45, 7) is 0.632. The minimum Gasteiger partial charge on any atom is -0.366 e. The van der Waals surface area contributed by atoms with Gasteiger partial charge in [0, 0.05) is 18.8 Å².